The Morgan fingerprint density at radius 1 is 0.923 bits per heavy atom. The predicted molar refractivity (Wildman–Crippen MR) is 93.6 cm³/mol. The van der Waals surface area contributed by atoms with Crippen molar-refractivity contribution in [1.82, 2.24) is 5.32 Å². The molecule has 2 fully saturated rings. The van der Waals surface area contributed by atoms with Crippen molar-refractivity contribution >= 4 is 5.91 Å². The summed E-state index contributed by atoms with van der Waals surface area (Å²) in [7, 11) is 0. The molecule has 2 aliphatic rings. The minimum Gasteiger partial charge on any atom is -0.349 e. The van der Waals surface area contributed by atoms with Crippen LogP contribution in [0.2, 0.25) is 0 Å². The van der Waals surface area contributed by atoms with E-state index in [1.54, 1.807) is 24.3 Å². The number of carbonyl (C=O) groups excluding carboxylic acids is 1. The zero-order valence-electron chi connectivity index (χ0n) is 14.2. The molecule has 0 spiro atoms. The molecule has 0 unspecified atom stereocenters. The summed E-state index contributed by atoms with van der Waals surface area (Å²) in [6.45, 7) is 0. The standard InChI is InChI=1S/C21H20F3NO/c22-21(23,24)16-11-9-13(10-12-16)17-3-1-2-4-18(17)20(26)25-19(14-5-6-14)15-7-8-15/h1-4,9-12,14-15,19H,5-8H2,(H,25,26). The summed E-state index contributed by atoms with van der Waals surface area (Å²) < 4.78 is 38.3. The van der Waals surface area contributed by atoms with E-state index in [0.29, 0.717) is 28.5 Å². The molecule has 0 aliphatic heterocycles. The number of benzene rings is 2. The smallest absolute Gasteiger partial charge is 0.349 e. The number of alkyl halides is 3. The van der Waals surface area contributed by atoms with Crippen molar-refractivity contribution in [3.8, 4) is 11.1 Å². The van der Waals surface area contributed by atoms with Gasteiger partial charge in [0, 0.05) is 11.6 Å². The van der Waals surface area contributed by atoms with Crippen LogP contribution in [0.3, 0.4) is 0 Å². The Hall–Kier alpha value is -2.30. The summed E-state index contributed by atoms with van der Waals surface area (Å²) in [5.74, 6) is 1.04. The summed E-state index contributed by atoms with van der Waals surface area (Å²) in [6, 6.07) is 12.3. The van der Waals surface area contributed by atoms with E-state index in [0.717, 1.165) is 12.1 Å². The molecule has 0 saturated heterocycles. The third kappa shape index (κ3) is 3.62. The molecule has 2 aromatic carbocycles. The molecule has 0 atom stereocenters. The van der Waals surface area contributed by atoms with E-state index in [1.165, 1.54) is 37.8 Å². The Balaban J connectivity index is 1.59. The van der Waals surface area contributed by atoms with Crippen LogP contribution in [0.15, 0.2) is 48.5 Å². The lowest BCUT2D eigenvalue weighted by molar-refractivity contribution is -0.137. The van der Waals surface area contributed by atoms with E-state index < -0.39 is 11.7 Å². The second kappa shape index (κ2) is 6.45. The van der Waals surface area contributed by atoms with Crippen LogP contribution in [0, 0.1) is 11.8 Å². The zero-order valence-corrected chi connectivity index (χ0v) is 14.2. The molecule has 5 heteroatoms. The average Bonchev–Trinajstić information content (AvgIpc) is 3.52. The van der Waals surface area contributed by atoms with Crippen LogP contribution in [-0.4, -0.2) is 11.9 Å². The maximum absolute atomic E-state index is 12.8. The normalized spacial score (nSPS) is 17.4. The Kier molecular flexibility index (Phi) is 4.25. The van der Waals surface area contributed by atoms with E-state index in [4.69, 9.17) is 0 Å². The molecule has 0 bridgehead atoms. The van der Waals surface area contributed by atoms with Gasteiger partial charge in [0.05, 0.1) is 5.56 Å². The summed E-state index contributed by atoms with van der Waals surface area (Å²) in [5.41, 5.74) is 1.09. The van der Waals surface area contributed by atoms with Gasteiger partial charge in [-0.05, 0) is 66.8 Å². The highest BCUT2D eigenvalue weighted by atomic mass is 19.4. The monoisotopic (exact) mass is 359 g/mol. The molecule has 2 nitrogen and oxygen atoms in total. The van der Waals surface area contributed by atoms with E-state index in [2.05, 4.69) is 5.32 Å². The first kappa shape index (κ1) is 17.1. The second-order valence-corrected chi connectivity index (χ2v) is 7.29. The van der Waals surface area contributed by atoms with E-state index >= 15 is 0 Å². The van der Waals surface area contributed by atoms with Gasteiger partial charge in [-0.2, -0.15) is 13.2 Å². The minimum atomic E-state index is -4.36. The Labute approximate surface area is 150 Å². The quantitative estimate of drug-likeness (QED) is 0.772. The summed E-state index contributed by atoms with van der Waals surface area (Å²) in [5, 5.41) is 3.18. The first-order valence-corrected chi connectivity index (χ1v) is 9.01. The van der Waals surface area contributed by atoms with Crippen LogP contribution in [0.25, 0.3) is 11.1 Å². The SMILES string of the molecule is O=C(NC(C1CC1)C1CC1)c1ccccc1-c1ccc(C(F)(F)F)cc1. The fraction of sp³-hybridized carbons (Fsp3) is 0.381. The number of nitrogens with one attached hydrogen (secondary N) is 1. The van der Waals surface area contributed by atoms with Crippen molar-refractivity contribution in [3.05, 3.63) is 59.7 Å². The first-order chi connectivity index (χ1) is 12.4. The molecule has 26 heavy (non-hydrogen) atoms. The minimum absolute atomic E-state index is 0.135. The summed E-state index contributed by atoms with van der Waals surface area (Å²) >= 11 is 0. The highest BCUT2D eigenvalue weighted by molar-refractivity contribution is 6.01. The van der Waals surface area contributed by atoms with Gasteiger partial charge in [0.15, 0.2) is 0 Å². The molecule has 136 valence electrons. The van der Waals surface area contributed by atoms with E-state index in [9.17, 15) is 18.0 Å². The molecule has 1 amide bonds. The second-order valence-electron chi connectivity index (χ2n) is 7.29. The van der Waals surface area contributed by atoms with Crippen LogP contribution in [-0.2, 0) is 6.18 Å². The van der Waals surface area contributed by atoms with Crippen molar-refractivity contribution in [2.24, 2.45) is 11.8 Å². The van der Waals surface area contributed by atoms with Gasteiger partial charge < -0.3 is 5.32 Å². The van der Waals surface area contributed by atoms with Gasteiger partial charge in [-0.25, -0.2) is 0 Å². The van der Waals surface area contributed by atoms with Crippen molar-refractivity contribution < 1.29 is 18.0 Å². The highest BCUT2D eigenvalue weighted by Gasteiger charge is 2.42. The third-order valence-electron chi connectivity index (χ3n) is 5.25. The maximum atomic E-state index is 12.8. The number of carbonyl (C=O) groups is 1. The Morgan fingerprint density at radius 3 is 2.04 bits per heavy atom. The van der Waals surface area contributed by atoms with Crippen LogP contribution in [0.1, 0.15) is 41.6 Å². The van der Waals surface area contributed by atoms with Gasteiger partial charge in [0.2, 0.25) is 0 Å². The van der Waals surface area contributed by atoms with Crippen LogP contribution in [0.4, 0.5) is 13.2 Å². The Morgan fingerprint density at radius 2 is 1.50 bits per heavy atom. The molecule has 4 rings (SSSR count). The lowest BCUT2D eigenvalue weighted by atomic mass is 9.97. The number of halogens is 3. The van der Waals surface area contributed by atoms with Crippen LogP contribution < -0.4 is 5.32 Å². The van der Waals surface area contributed by atoms with E-state index in [1.807, 2.05) is 0 Å². The molecular formula is C21H20F3NO. The number of rotatable bonds is 5. The topological polar surface area (TPSA) is 29.1 Å². The van der Waals surface area contributed by atoms with Crippen LogP contribution in [0.5, 0.6) is 0 Å². The molecular weight excluding hydrogens is 339 g/mol. The van der Waals surface area contributed by atoms with Gasteiger partial charge >= 0.3 is 6.18 Å². The van der Waals surface area contributed by atoms with Crippen molar-refractivity contribution in [1.29, 1.82) is 0 Å². The molecule has 2 aliphatic carbocycles. The molecule has 2 aromatic rings. The van der Waals surface area contributed by atoms with Gasteiger partial charge in [0.1, 0.15) is 0 Å². The third-order valence-corrected chi connectivity index (χ3v) is 5.25. The first-order valence-electron chi connectivity index (χ1n) is 9.01. The van der Waals surface area contributed by atoms with Crippen LogP contribution >= 0.6 is 0 Å². The van der Waals surface area contributed by atoms with Crippen molar-refractivity contribution in [2.75, 3.05) is 0 Å². The Bertz CT molecular complexity index is 793. The molecule has 1 N–H and O–H groups in total. The zero-order chi connectivity index (χ0) is 18.3. The van der Waals surface area contributed by atoms with E-state index in [-0.39, 0.29) is 11.9 Å². The molecule has 0 heterocycles. The number of amides is 1. The lowest BCUT2D eigenvalue weighted by Crippen LogP contribution is -2.38. The summed E-state index contributed by atoms with van der Waals surface area (Å²) in [4.78, 5) is 12.8. The average molecular weight is 359 g/mol. The van der Waals surface area contributed by atoms with Crippen molar-refractivity contribution in [2.45, 2.75) is 37.9 Å². The van der Waals surface area contributed by atoms with Gasteiger partial charge in [-0.3, -0.25) is 4.79 Å². The largest absolute Gasteiger partial charge is 0.416 e. The molecule has 0 radical (unpaired) electrons. The fourth-order valence-electron chi connectivity index (χ4n) is 3.53. The predicted octanol–water partition coefficient (Wildman–Crippen LogP) is 5.29. The fourth-order valence-corrected chi connectivity index (χ4v) is 3.53. The van der Waals surface area contributed by atoms with Gasteiger partial charge in [-0.1, -0.05) is 30.3 Å². The highest BCUT2D eigenvalue weighted by Crippen LogP contribution is 2.44. The van der Waals surface area contributed by atoms with Gasteiger partial charge in [0.25, 0.3) is 5.91 Å². The van der Waals surface area contributed by atoms with Gasteiger partial charge in [-0.15, -0.1) is 0 Å². The molecule has 2 saturated carbocycles. The number of hydrogen-bond acceptors (Lipinski definition) is 1. The number of hydrogen-bond donors (Lipinski definition) is 1. The summed E-state index contributed by atoms with van der Waals surface area (Å²) in [6.07, 6.45) is 0.311. The molecule has 0 aromatic heterocycles. The lowest BCUT2D eigenvalue weighted by Gasteiger charge is -2.19. The van der Waals surface area contributed by atoms with Crippen molar-refractivity contribution in [3.63, 3.8) is 0 Å². The maximum Gasteiger partial charge on any atom is 0.416 e.